The molecule has 0 bridgehead atoms. The van der Waals surface area contributed by atoms with E-state index in [0.29, 0.717) is 22.1 Å². The lowest BCUT2D eigenvalue weighted by molar-refractivity contribution is -0.123. The second-order valence-electron chi connectivity index (χ2n) is 5.08. The number of nitrogens with one attached hydrogen (secondary N) is 1. The minimum Gasteiger partial charge on any atom is -0.493 e. The number of hydrogen-bond acceptors (Lipinski definition) is 4. The molecule has 0 heterocycles. The van der Waals surface area contributed by atoms with Crippen molar-refractivity contribution in [3.63, 3.8) is 0 Å². The summed E-state index contributed by atoms with van der Waals surface area (Å²) in [5.74, 6) is 0.660. The van der Waals surface area contributed by atoms with Gasteiger partial charge >= 0.3 is 0 Å². The lowest BCUT2D eigenvalue weighted by atomic mass is 10.1. The van der Waals surface area contributed by atoms with Crippen LogP contribution in [-0.4, -0.2) is 25.8 Å². The van der Waals surface area contributed by atoms with Gasteiger partial charge in [0, 0.05) is 10.6 Å². The molecule has 2 aromatic carbocycles. The first-order valence-corrected chi connectivity index (χ1v) is 7.99. The molecule has 2 aromatic rings. The molecular weight excluding hydrogens is 340 g/mol. The van der Waals surface area contributed by atoms with Crippen molar-refractivity contribution in [1.29, 1.82) is 0 Å². The molecule has 0 spiro atoms. The predicted octanol–water partition coefficient (Wildman–Crippen LogP) is 3.61. The molecule has 0 atom stereocenters. The van der Waals surface area contributed by atoms with E-state index in [4.69, 9.17) is 21.1 Å². The Morgan fingerprint density at radius 1 is 1.28 bits per heavy atom. The van der Waals surface area contributed by atoms with Crippen LogP contribution in [0.1, 0.15) is 11.1 Å². The van der Waals surface area contributed by atoms with Gasteiger partial charge < -0.3 is 9.47 Å². The first kappa shape index (κ1) is 18.5. The molecule has 2 rings (SSSR count). The second-order valence-corrected chi connectivity index (χ2v) is 5.49. The number of carbonyl (C=O) groups is 1. The molecule has 0 aliphatic carbocycles. The summed E-state index contributed by atoms with van der Waals surface area (Å²) >= 11 is 6.00. The van der Waals surface area contributed by atoms with Gasteiger partial charge in [0.1, 0.15) is 0 Å². The fourth-order valence-electron chi connectivity index (χ4n) is 2.05. The number of halogens is 1. The summed E-state index contributed by atoms with van der Waals surface area (Å²) in [5.41, 5.74) is 4.15. The zero-order valence-electron chi connectivity index (χ0n) is 13.9. The van der Waals surface area contributed by atoms with Crippen LogP contribution in [0.3, 0.4) is 0 Å². The van der Waals surface area contributed by atoms with Gasteiger partial charge in [0.05, 0.1) is 13.3 Å². The minimum absolute atomic E-state index is 0.184. The van der Waals surface area contributed by atoms with Crippen LogP contribution in [0, 0.1) is 0 Å². The third kappa shape index (κ3) is 5.65. The number of ether oxygens (including phenoxy) is 2. The van der Waals surface area contributed by atoms with Gasteiger partial charge in [0.25, 0.3) is 5.91 Å². The number of allylic oxidation sites excluding steroid dienone is 1. The van der Waals surface area contributed by atoms with Crippen molar-refractivity contribution in [3.05, 3.63) is 71.3 Å². The molecule has 0 aromatic heterocycles. The Balaban J connectivity index is 1.89. The van der Waals surface area contributed by atoms with Crippen molar-refractivity contribution in [2.24, 2.45) is 5.10 Å². The fraction of sp³-hybridized carbons (Fsp3) is 0.158. The standard InChI is InChI=1S/C19H19ClN2O3/c1-3-6-14-9-10-17(18(11-14)24-2)25-13-19(23)22-21-12-15-7-4-5-8-16(15)20/h3-5,7-12H,1,6,13H2,2H3,(H,22,23). The third-order valence-corrected chi connectivity index (χ3v) is 3.61. The van der Waals surface area contributed by atoms with Gasteiger partial charge in [-0.2, -0.15) is 5.10 Å². The largest absolute Gasteiger partial charge is 0.493 e. The first-order chi connectivity index (χ1) is 12.1. The summed E-state index contributed by atoms with van der Waals surface area (Å²) < 4.78 is 10.8. The summed E-state index contributed by atoms with van der Waals surface area (Å²) in [4.78, 5) is 11.8. The molecule has 0 radical (unpaired) electrons. The van der Waals surface area contributed by atoms with Gasteiger partial charge in [-0.1, -0.05) is 41.9 Å². The molecule has 0 saturated carbocycles. The molecule has 130 valence electrons. The normalized spacial score (nSPS) is 10.5. The van der Waals surface area contributed by atoms with Gasteiger partial charge in [-0.15, -0.1) is 6.58 Å². The average molecular weight is 359 g/mol. The molecule has 0 unspecified atom stereocenters. The Bertz CT molecular complexity index is 775. The maximum Gasteiger partial charge on any atom is 0.277 e. The maximum atomic E-state index is 11.8. The summed E-state index contributed by atoms with van der Waals surface area (Å²) in [6, 6.07) is 12.7. The Kier molecular flexibility index (Phi) is 7.04. The minimum atomic E-state index is -0.388. The van der Waals surface area contributed by atoms with Gasteiger partial charge in [0.2, 0.25) is 0 Å². The summed E-state index contributed by atoms with van der Waals surface area (Å²) in [6.07, 6.45) is 4.01. The van der Waals surface area contributed by atoms with Crippen LogP contribution in [0.5, 0.6) is 11.5 Å². The van der Waals surface area contributed by atoms with E-state index in [1.54, 1.807) is 31.4 Å². The van der Waals surface area contributed by atoms with E-state index >= 15 is 0 Å². The van der Waals surface area contributed by atoms with Crippen LogP contribution in [0.4, 0.5) is 0 Å². The van der Waals surface area contributed by atoms with E-state index in [2.05, 4.69) is 17.1 Å². The molecule has 5 nitrogen and oxygen atoms in total. The summed E-state index contributed by atoms with van der Waals surface area (Å²) in [7, 11) is 1.55. The van der Waals surface area contributed by atoms with Crippen molar-refractivity contribution in [3.8, 4) is 11.5 Å². The zero-order valence-corrected chi connectivity index (χ0v) is 14.6. The summed E-state index contributed by atoms with van der Waals surface area (Å²) in [5, 5.41) is 4.42. The molecule has 0 aliphatic heterocycles. The van der Waals surface area contributed by atoms with Crippen molar-refractivity contribution < 1.29 is 14.3 Å². The molecular formula is C19H19ClN2O3. The average Bonchev–Trinajstić information content (AvgIpc) is 2.62. The quantitative estimate of drug-likeness (QED) is 0.445. The number of methoxy groups -OCH3 is 1. The summed E-state index contributed by atoms with van der Waals surface area (Å²) in [6.45, 7) is 3.52. The lowest BCUT2D eigenvalue weighted by Gasteiger charge is -2.11. The molecule has 6 heteroatoms. The van der Waals surface area contributed by atoms with E-state index < -0.39 is 0 Å². The molecule has 0 fully saturated rings. The van der Waals surface area contributed by atoms with E-state index in [0.717, 1.165) is 12.0 Å². The highest BCUT2D eigenvalue weighted by Crippen LogP contribution is 2.28. The molecule has 25 heavy (non-hydrogen) atoms. The number of benzene rings is 2. The highest BCUT2D eigenvalue weighted by molar-refractivity contribution is 6.33. The smallest absolute Gasteiger partial charge is 0.277 e. The number of rotatable bonds is 8. The van der Waals surface area contributed by atoms with E-state index in [1.165, 1.54) is 6.21 Å². The predicted molar refractivity (Wildman–Crippen MR) is 99.6 cm³/mol. The van der Waals surface area contributed by atoms with Crippen LogP contribution < -0.4 is 14.9 Å². The number of carbonyl (C=O) groups excluding carboxylic acids is 1. The van der Waals surface area contributed by atoms with Crippen LogP contribution >= 0.6 is 11.6 Å². The highest BCUT2D eigenvalue weighted by Gasteiger charge is 2.08. The first-order valence-electron chi connectivity index (χ1n) is 7.61. The Labute approximate surface area is 151 Å². The Morgan fingerprint density at radius 3 is 2.80 bits per heavy atom. The number of nitrogens with zero attached hydrogens (tertiary/aromatic N) is 1. The van der Waals surface area contributed by atoms with Crippen LogP contribution in [0.15, 0.2) is 60.2 Å². The topological polar surface area (TPSA) is 59.9 Å². The number of hydrogen-bond donors (Lipinski definition) is 1. The van der Waals surface area contributed by atoms with Crippen LogP contribution in [-0.2, 0) is 11.2 Å². The van der Waals surface area contributed by atoms with Crippen LogP contribution in [0.25, 0.3) is 0 Å². The van der Waals surface area contributed by atoms with Gasteiger partial charge in [0.15, 0.2) is 18.1 Å². The van der Waals surface area contributed by atoms with Crippen molar-refractivity contribution >= 4 is 23.7 Å². The fourth-order valence-corrected chi connectivity index (χ4v) is 2.24. The van der Waals surface area contributed by atoms with E-state index in [1.807, 2.05) is 24.3 Å². The van der Waals surface area contributed by atoms with Crippen molar-refractivity contribution in [2.45, 2.75) is 6.42 Å². The SMILES string of the molecule is C=CCc1ccc(OCC(=O)NN=Cc2ccccc2Cl)c(OC)c1. The van der Waals surface area contributed by atoms with E-state index in [9.17, 15) is 4.79 Å². The van der Waals surface area contributed by atoms with Crippen molar-refractivity contribution in [2.75, 3.05) is 13.7 Å². The Morgan fingerprint density at radius 2 is 2.08 bits per heavy atom. The van der Waals surface area contributed by atoms with Gasteiger partial charge in [-0.25, -0.2) is 5.43 Å². The lowest BCUT2D eigenvalue weighted by Crippen LogP contribution is -2.24. The Hall–Kier alpha value is -2.79. The van der Waals surface area contributed by atoms with Gasteiger partial charge in [-0.05, 0) is 30.2 Å². The monoisotopic (exact) mass is 358 g/mol. The molecule has 1 N–H and O–H groups in total. The van der Waals surface area contributed by atoms with Crippen molar-refractivity contribution in [1.82, 2.24) is 5.43 Å². The maximum absolute atomic E-state index is 11.8. The molecule has 1 amide bonds. The zero-order chi connectivity index (χ0) is 18.1. The van der Waals surface area contributed by atoms with Gasteiger partial charge in [-0.3, -0.25) is 4.79 Å². The number of amides is 1. The third-order valence-electron chi connectivity index (χ3n) is 3.26. The number of hydrazone groups is 1. The second kappa shape index (κ2) is 9.49. The molecule has 0 saturated heterocycles. The van der Waals surface area contributed by atoms with E-state index in [-0.39, 0.29) is 12.5 Å². The highest BCUT2D eigenvalue weighted by atomic mass is 35.5. The van der Waals surface area contributed by atoms with Crippen LogP contribution in [0.2, 0.25) is 5.02 Å². The molecule has 0 aliphatic rings.